The van der Waals surface area contributed by atoms with E-state index in [1.807, 2.05) is 6.92 Å². The van der Waals surface area contributed by atoms with Crippen LogP contribution in [0.2, 0.25) is 0 Å². The highest BCUT2D eigenvalue weighted by atomic mass is 32.2. The highest BCUT2D eigenvalue weighted by Gasteiger charge is 2.62. The summed E-state index contributed by atoms with van der Waals surface area (Å²) in [4.78, 5) is 65.9. The van der Waals surface area contributed by atoms with Gasteiger partial charge in [-0.05, 0) is 64.0 Å². The molecule has 1 aliphatic heterocycles. The lowest BCUT2D eigenvalue weighted by Gasteiger charge is -2.36. The summed E-state index contributed by atoms with van der Waals surface area (Å²) in [6.45, 7) is 16.0. The fourth-order valence-electron chi connectivity index (χ4n) is 6.30. The molecule has 3 fully saturated rings. The lowest BCUT2D eigenvalue weighted by atomic mass is 9.85. The molecule has 1 aromatic heterocycles. The molecule has 2 saturated carbocycles. The third kappa shape index (κ3) is 8.42. The van der Waals surface area contributed by atoms with E-state index in [0.29, 0.717) is 41.7 Å². The van der Waals surface area contributed by atoms with Gasteiger partial charge in [-0.25, -0.2) is 23.2 Å². The summed E-state index contributed by atoms with van der Waals surface area (Å²) >= 11 is 0. The standard InChI is InChI=1S/C36H50N6O9S/c1-10-20-18-36(20,32(45)41-52(47,48)23-13-14-23)40-29(43)27-17-22(50-30-24(11-2)37-25-15-12-21(49-9)16-26(25)38-30)19-42(27)31(44)28(34(3,4)5)39-33(46)51-35(6,7)8/h10,12,15-16,20,22-23,27-28H,1,11,13-14,17-19H2,2-9H3,(H,39,46)(H,40,43)(H,41,45)/t20-,22-,27+,28-,36-/m1/s1. The number of rotatable bonds is 12. The largest absolute Gasteiger partial charge is 0.497 e. The number of methoxy groups -OCH3 is 1. The van der Waals surface area contributed by atoms with Crippen LogP contribution in [-0.2, 0) is 35.6 Å². The van der Waals surface area contributed by atoms with Gasteiger partial charge in [-0.3, -0.25) is 19.1 Å². The van der Waals surface area contributed by atoms with E-state index in [1.165, 1.54) is 11.0 Å². The Morgan fingerprint density at radius 1 is 1.10 bits per heavy atom. The Bertz CT molecular complexity index is 1870. The summed E-state index contributed by atoms with van der Waals surface area (Å²) < 4.78 is 44.7. The quantitative estimate of drug-likeness (QED) is 0.271. The van der Waals surface area contributed by atoms with Gasteiger partial charge >= 0.3 is 6.09 Å². The van der Waals surface area contributed by atoms with Crippen molar-refractivity contribution in [1.82, 2.24) is 30.2 Å². The normalized spacial score (nSPS) is 23.7. The van der Waals surface area contributed by atoms with Crippen molar-refractivity contribution >= 4 is 44.9 Å². The van der Waals surface area contributed by atoms with Crippen LogP contribution >= 0.6 is 0 Å². The number of nitrogens with zero attached hydrogens (tertiary/aromatic N) is 3. The van der Waals surface area contributed by atoms with E-state index in [2.05, 4.69) is 21.9 Å². The Labute approximate surface area is 304 Å². The number of hydrogen-bond acceptors (Lipinski definition) is 11. The zero-order valence-electron chi connectivity index (χ0n) is 31.1. The number of aryl methyl sites for hydroxylation is 1. The first-order valence-corrected chi connectivity index (χ1v) is 19.1. The molecule has 3 aliphatic rings. The average Bonchev–Trinajstić information content (AvgIpc) is 3.98. The van der Waals surface area contributed by atoms with E-state index in [4.69, 9.17) is 24.2 Å². The van der Waals surface area contributed by atoms with E-state index in [9.17, 15) is 27.6 Å². The van der Waals surface area contributed by atoms with Gasteiger partial charge in [0.25, 0.3) is 5.91 Å². The molecule has 4 amide bonds. The summed E-state index contributed by atoms with van der Waals surface area (Å²) in [5.41, 5.74) is -1.48. The number of nitrogens with one attached hydrogen (secondary N) is 3. The molecule has 0 unspecified atom stereocenters. The number of sulfonamides is 1. The Kier molecular flexibility index (Phi) is 10.6. The van der Waals surface area contributed by atoms with Crippen LogP contribution in [0, 0.1) is 11.3 Å². The summed E-state index contributed by atoms with van der Waals surface area (Å²) in [5, 5.41) is 4.83. The van der Waals surface area contributed by atoms with Crippen LogP contribution in [-0.4, -0.2) is 95.3 Å². The molecule has 1 saturated heterocycles. The fourth-order valence-corrected chi connectivity index (χ4v) is 7.66. The van der Waals surface area contributed by atoms with Crippen molar-refractivity contribution in [2.24, 2.45) is 11.3 Å². The minimum absolute atomic E-state index is 0.00131. The van der Waals surface area contributed by atoms with Crippen LogP contribution in [0.5, 0.6) is 11.6 Å². The highest BCUT2D eigenvalue weighted by Crippen LogP contribution is 2.45. The smallest absolute Gasteiger partial charge is 0.408 e. The van der Waals surface area contributed by atoms with Gasteiger partial charge in [-0.2, -0.15) is 0 Å². The first-order valence-electron chi connectivity index (χ1n) is 17.5. The molecule has 0 radical (unpaired) electrons. The molecule has 52 heavy (non-hydrogen) atoms. The molecule has 1 aromatic carbocycles. The van der Waals surface area contributed by atoms with Crippen molar-refractivity contribution in [1.29, 1.82) is 0 Å². The van der Waals surface area contributed by atoms with Crippen LogP contribution in [0.4, 0.5) is 4.79 Å². The lowest BCUT2D eigenvalue weighted by Crippen LogP contribution is -2.60. The van der Waals surface area contributed by atoms with E-state index < -0.39 is 79.7 Å². The maximum absolute atomic E-state index is 14.5. The van der Waals surface area contributed by atoms with E-state index in [-0.39, 0.29) is 25.3 Å². The minimum Gasteiger partial charge on any atom is -0.497 e. The number of ether oxygens (including phenoxy) is 3. The van der Waals surface area contributed by atoms with Crippen LogP contribution in [0.25, 0.3) is 11.0 Å². The second-order valence-electron chi connectivity index (χ2n) is 15.8. The van der Waals surface area contributed by atoms with Crippen LogP contribution in [0.1, 0.15) is 79.8 Å². The fraction of sp³-hybridized carbons (Fsp3) is 0.611. The molecule has 0 spiro atoms. The van der Waals surface area contributed by atoms with Crippen molar-refractivity contribution < 1.29 is 41.8 Å². The van der Waals surface area contributed by atoms with Gasteiger partial charge in [0.15, 0.2) is 0 Å². The maximum atomic E-state index is 14.5. The summed E-state index contributed by atoms with van der Waals surface area (Å²) in [5.74, 6) is -1.82. The molecule has 5 atom stereocenters. The van der Waals surface area contributed by atoms with Gasteiger partial charge in [0.1, 0.15) is 40.8 Å². The van der Waals surface area contributed by atoms with Gasteiger partial charge in [0.05, 0.1) is 29.9 Å². The summed E-state index contributed by atoms with van der Waals surface area (Å²) in [6, 6.07) is 3.00. The summed E-state index contributed by atoms with van der Waals surface area (Å²) in [6.07, 6.45) is 1.46. The monoisotopic (exact) mass is 742 g/mol. The number of aromatic nitrogens is 2. The predicted octanol–water partition coefficient (Wildman–Crippen LogP) is 3.16. The Morgan fingerprint density at radius 3 is 2.35 bits per heavy atom. The number of fused-ring (bicyclic) bond motifs is 1. The van der Waals surface area contributed by atoms with E-state index >= 15 is 0 Å². The third-order valence-electron chi connectivity index (χ3n) is 9.39. The molecule has 5 rings (SSSR count). The molecule has 16 heteroatoms. The number of alkyl carbamates (subject to hydrolysis) is 1. The lowest BCUT2D eigenvalue weighted by molar-refractivity contribution is -0.143. The zero-order valence-corrected chi connectivity index (χ0v) is 31.9. The van der Waals surface area contributed by atoms with Crippen LogP contribution in [0.15, 0.2) is 30.9 Å². The number of likely N-dealkylation sites (tertiary alicyclic amines) is 1. The van der Waals surface area contributed by atoms with Crippen LogP contribution < -0.4 is 24.8 Å². The molecule has 284 valence electrons. The predicted molar refractivity (Wildman–Crippen MR) is 192 cm³/mol. The molecule has 2 aromatic rings. The first-order chi connectivity index (χ1) is 24.2. The molecule has 0 bridgehead atoms. The molecule has 2 heterocycles. The van der Waals surface area contributed by atoms with Crippen molar-refractivity contribution in [2.75, 3.05) is 13.7 Å². The Balaban J connectivity index is 1.46. The maximum Gasteiger partial charge on any atom is 0.408 e. The highest BCUT2D eigenvalue weighted by molar-refractivity contribution is 7.91. The van der Waals surface area contributed by atoms with E-state index in [1.54, 1.807) is 66.9 Å². The second kappa shape index (κ2) is 14.2. The SMILES string of the molecule is C=C[C@@H]1C[C@]1(NC(=O)[C@@H]1C[C@@H](Oc2nc3cc(OC)ccc3nc2CC)CN1C(=O)[C@@H](NC(=O)OC(C)(C)C)C(C)(C)C)C(=O)NS(=O)(=O)C1CC1. The number of carbonyl (C=O) groups is 4. The van der Waals surface area contributed by atoms with Crippen molar-refractivity contribution in [3.05, 3.63) is 36.5 Å². The number of amides is 4. The minimum atomic E-state index is -3.91. The van der Waals surface area contributed by atoms with Crippen molar-refractivity contribution in [3.8, 4) is 11.6 Å². The Hall–Kier alpha value is -4.47. The Morgan fingerprint density at radius 2 is 1.79 bits per heavy atom. The topological polar surface area (TPSA) is 195 Å². The van der Waals surface area contributed by atoms with Gasteiger partial charge in [0.2, 0.25) is 27.7 Å². The second-order valence-corrected chi connectivity index (χ2v) is 17.8. The van der Waals surface area contributed by atoms with Gasteiger partial charge in [-0.1, -0.05) is 33.8 Å². The molecular weight excluding hydrogens is 692 g/mol. The van der Waals surface area contributed by atoms with Gasteiger partial charge < -0.3 is 29.7 Å². The van der Waals surface area contributed by atoms with Crippen LogP contribution in [0.3, 0.4) is 0 Å². The molecule has 15 nitrogen and oxygen atoms in total. The molecular formula is C36H50N6O9S. The summed E-state index contributed by atoms with van der Waals surface area (Å²) in [7, 11) is -2.36. The van der Waals surface area contributed by atoms with E-state index in [0.717, 1.165) is 0 Å². The molecule has 3 N–H and O–H groups in total. The van der Waals surface area contributed by atoms with Gasteiger partial charge in [0, 0.05) is 18.4 Å². The number of benzene rings is 1. The van der Waals surface area contributed by atoms with Crippen molar-refractivity contribution in [3.63, 3.8) is 0 Å². The molecule has 2 aliphatic carbocycles. The van der Waals surface area contributed by atoms with Crippen molar-refractivity contribution in [2.45, 2.75) is 115 Å². The first kappa shape index (κ1) is 38.8. The average molecular weight is 743 g/mol. The number of carbonyl (C=O) groups excluding carboxylic acids is 4. The zero-order chi connectivity index (χ0) is 38.4. The number of hydrogen-bond donors (Lipinski definition) is 3. The van der Waals surface area contributed by atoms with Gasteiger partial charge in [-0.15, -0.1) is 6.58 Å². The third-order valence-corrected chi connectivity index (χ3v) is 11.2.